The fourth-order valence-corrected chi connectivity index (χ4v) is 5.11. The smallest absolute Gasteiger partial charge is 0.419 e. The van der Waals surface area contributed by atoms with Crippen molar-refractivity contribution in [3.05, 3.63) is 70.9 Å². The fraction of sp³-hybridized carbons (Fsp3) is 0.400. The Labute approximate surface area is 251 Å². The summed E-state index contributed by atoms with van der Waals surface area (Å²) in [7, 11) is 0. The normalized spacial score (nSPS) is 16.3. The Bertz CT molecular complexity index is 1530. The number of amides is 1. The number of piperazine rings is 1. The molecule has 0 N–H and O–H groups in total. The molecule has 13 heteroatoms. The highest BCUT2D eigenvalue weighted by Gasteiger charge is 2.36. The summed E-state index contributed by atoms with van der Waals surface area (Å²) in [6.45, 7) is 7.53. The highest BCUT2D eigenvalue weighted by molar-refractivity contribution is 6.31. The van der Waals surface area contributed by atoms with Gasteiger partial charge in [-0.1, -0.05) is 17.7 Å². The largest absolute Gasteiger partial charge is 0.444 e. The van der Waals surface area contributed by atoms with E-state index in [1.807, 2.05) is 31.7 Å². The maximum Gasteiger partial charge on any atom is 0.419 e. The minimum atomic E-state index is -4.51. The summed E-state index contributed by atoms with van der Waals surface area (Å²) in [5.74, 6) is 0.374. The van der Waals surface area contributed by atoms with Crippen molar-refractivity contribution in [2.45, 2.75) is 39.0 Å². The number of pyridine rings is 1. The van der Waals surface area contributed by atoms with Crippen LogP contribution >= 0.6 is 11.6 Å². The number of hydrogen-bond donors (Lipinski definition) is 0. The quantitative estimate of drug-likeness (QED) is 0.301. The van der Waals surface area contributed by atoms with Gasteiger partial charge < -0.3 is 19.4 Å². The minimum absolute atomic E-state index is 0.0476. The summed E-state index contributed by atoms with van der Waals surface area (Å²) < 4.78 is 60.2. The second kappa shape index (κ2) is 12.0. The Balaban J connectivity index is 1.42. The Morgan fingerprint density at radius 3 is 2.33 bits per heavy atom. The first-order chi connectivity index (χ1) is 20.3. The predicted molar refractivity (Wildman–Crippen MR) is 157 cm³/mol. The van der Waals surface area contributed by atoms with Crippen LogP contribution in [0.5, 0.6) is 0 Å². The van der Waals surface area contributed by atoms with Crippen molar-refractivity contribution in [3.8, 4) is 11.3 Å². The number of carbonyl (C=O) groups excluding carboxylic acids is 1. The van der Waals surface area contributed by atoms with Gasteiger partial charge in [0.05, 0.1) is 16.3 Å². The summed E-state index contributed by atoms with van der Waals surface area (Å²) in [6.07, 6.45) is -1.19. The Kier molecular flexibility index (Phi) is 8.51. The van der Waals surface area contributed by atoms with Crippen LogP contribution in [0.2, 0.25) is 5.02 Å². The van der Waals surface area contributed by atoms with E-state index in [1.54, 1.807) is 21.9 Å². The zero-order valence-corrected chi connectivity index (χ0v) is 24.7. The fourth-order valence-electron chi connectivity index (χ4n) is 4.93. The zero-order chi connectivity index (χ0) is 30.9. The molecule has 5 rings (SSSR count). The lowest BCUT2D eigenvalue weighted by Gasteiger charge is -2.37. The number of halogens is 5. The maximum atomic E-state index is 13.9. The molecular formula is C30H31ClF4N6O2. The molecule has 0 aliphatic carbocycles. The molecule has 8 nitrogen and oxygen atoms in total. The molecule has 0 radical (unpaired) electrons. The third-order valence-electron chi connectivity index (χ3n) is 7.07. The number of hydrogen-bond acceptors (Lipinski definition) is 7. The van der Waals surface area contributed by atoms with Crippen molar-refractivity contribution in [1.29, 1.82) is 0 Å². The van der Waals surface area contributed by atoms with E-state index >= 15 is 0 Å². The average molecular weight is 619 g/mol. The number of ether oxygens (including phenoxy) is 1. The van der Waals surface area contributed by atoms with Crippen LogP contribution in [0.1, 0.15) is 38.6 Å². The van der Waals surface area contributed by atoms with Gasteiger partial charge in [-0.05, 0) is 63.1 Å². The van der Waals surface area contributed by atoms with Crippen LogP contribution in [0.15, 0.2) is 48.7 Å². The van der Waals surface area contributed by atoms with Gasteiger partial charge in [-0.15, -0.1) is 0 Å². The van der Waals surface area contributed by atoms with Gasteiger partial charge in [0.15, 0.2) is 5.82 Å². The van der Waals surface area contributed by atoms with Gasteiger partial charge in [0.25, 0.3) is 0 Å². The molecule has 1 fully saturated rings. The molecule has 2 aliphatic rings. The van der Waals surface area contributed by atoms with Crippen LogP contribution < -0.4 is 9.80 Å². The van der Waals surface area contributed by atoms with Gasteiger partial charge in [-0.2, -0.15) is 13.2 Å². The zero-order valence-electron chi connectivity index (χ0n) is 24.0. The van der Waals surface area contributed by atoms with Crippen LogP contribution in [-0.2, 0) is 10.9 Å². The van der Waals surface area contributed by atoms with E-state index in [1.165, 1.54) is 24.4 Å². The Morgan fingerprint density at radius 2 is 1.70 bits per heavy atom. The number of benzene rings is 1. The summed E-state index contributed by atoms with van der Waals surface area (Å²) in [5.41, 5.74) is 0.554. The molecule has 4 heterocycles. The van der Waals surface area contributed by atoms with Crippen LogP contribution in [0.25, 0.3) is 16.8 Å². The Morgan fingerprint density at radius 1 is 0.977 bits per heavy atom. The first-order valence-electron chi connectivity index (χ1n) is 13.8. The molecule has 2 aromatic heterocycles. The molecule has 43 heavy (non-hydrogen) atoms. The third-order valence-corrected chi connectivity index (χ3v) is 7.36. The van der Waals surface area contributed by atoms with E-state index in [4.69, 9.17) is 26.3 Å². The van der Waals surface area contributed by atoms with Crippen LogP contribution in [0, 0.1) is 5.82 Å². The highest BCUT2D eigenvalue weighted by atomic mass is 35.5. The lowest BCUT2D eigenvalue weighted by atomic mass is 10.1. The molecule has 0 atom stereocenters. The van der Waals surface area contributed by atoms with Gasteiger partial charge in [0.2, 0.25) is 0 Å². The number of rotatable bonds is 4. The third kappa shape index (κ3) is 7.18. The standard InChI is InChI=1S/C30H31ClF4N6O2/c1-29(2,3)43-28(42)41-11-8-19(9-12-41)26-37-24(20-6-7-23(32)22(31)17-20)18-25(38-26)39-13-15-40(16-14-39)27-21(30(33,34)35)5-4-10-36-27/h4-8,10,17-18H,9,11-16H2,1-3H3. The van der Waals surface area contributed by atoms with Crippen molar-refractivity contribution in [2.75, 3.05) is 49.1 Å². The van der Waals surface area contributed by atoms with E-state index in [9.17, 15) is 22.4 Å². The average Bonchev–Trinajstić information content (AvgIpc) is 2.97. The molecule has 1 aromatic carbocycles. The second-order valence-electron chi connectivity index (χ2n) is 11.3. The highest BCUT2D eigenvalue weighted by Crippen LogP contribution is 2.36. The molecule has 0 bridgehead atoms. The molecule has 0 unspecified atom stereocenters. The van der Waals surface area contributed by atoms with Gasteiger partial charge >= 0.3 is 12.3 Å². The van der Waals surface area contributed by atoms with Crippen molar-refractivity contribution < 1.29 is 27.1 Å². The van der Waals surface area contributed by atoms with Crippen LogP contribution in [0.4, 0.5) is 34.0 Å². The minimum Gasteiger partial charge on any atom is -0.444 e. The number of aromatic nitrogens is 3. The van der Waals surface area contributed by atoms with E-state index in [0.29, 0.717) is 68.6 Å². The van der Waals surface area contributed by atoms with E-state index < -0.39 is 29.3 Å². The van der Waals surface area contributed by atoms with Crippen molar-refractivity contribution in [3.63, 3.8) is 0 Å². The van der Waals surface area contributed by atoms with Crippen LogP contribution in [0.3, 0.4) is 0 Å². The van der Waals surface area contributed by atoms with Crippen molar-refractivity contribution >= 4 is 34.9 Å². The van der Waals surface area contributed by atoms with Crippen LogP contribution in [-0.4, -0.2) is 70.8 Å². The number of nitrogens with zero attached hydrogens (tertiary/aromatic N) is 6. The van der Waals surface area contributed by atoms with Crippen molar-refractivity contribution in [2.24, 2.45) is 0 Å². The van der Waals surface area contributed by atoms with Gasteiger partial charge in [0.1, 0.15) is 23.1 Å². The molecule has 228 valence electrons. The van der Waals surface area contributed by atoms with Gasteiger partial charge in [-0.25, -0.2) is 24.1 Å². The number of alkyl halides is 3. The molecule has 0 saturated carbocycles. The van der Waals surface area contributed by atoms with E-state index in [2.05, 4.69) is 4.98 Å². The monoisotopic (exact) mass is 618 g/mol. The number of anilines is 2. The summed E-state index contributed by atoms with van der Waals surface area (Å²) >= 11 is 6.07. The summed E-state index contributed by atoms with van der Waals surface area (Å²) in [4.78, 5) is 31.3. The van der Waals surface area contributed by atoms with Gasteiger partial charge in [-0.3, -0.25) is 0 Å². The topological polar surface area (TPSA) is 74.7 Å². The lowest BCUT2D eigenvalue weighted by Crippen LogP contribution is -2.47. The first kappa shape index (κ1) is 30.5. The SMILES string of the molecule is CC(C)(C)OC(=O)N1CC=C(c2nc(-c3ccc(F)c(Cl)c3)cc(N3CCN(c4ncccc4C(F)(F)F)CC3)n2)CC1. The maximum absolute atomic E-state index is 13.9. The molecular weight excluding hydrogens is 588 g/mol. The molecule has 0 spiro atoms. The molecule has 1 amide bonds. The lowest BCUT2D eigenvalue weighted by molar-refractivity contribution is -0.137. The molecule has 3 aromatic rings. The van der Waals surface area contributed by atoms with Crippen molar-refractivity contribution in [1.82, 2.24) is 19.9 Å². The predicted octanol–water partition coefficient (Wildman–Crippen LogP) is 6.70. The summed E-state index contributed by atoms with van der Waals surface area (Å²) in [5, 5.41) is -0.0476. The van der Waals surface area contributed by atoms with Gasteiger partial charge in [0, 0.05) is 57.1 Å². The second-order valence-corrected chi connectivity index (χ2v) is 11.7. The van der Waals surface area contributed by atoms with E-state index in [-0.39, 0.29) is 10.8 Å². The van der Waals surface area contributed by atoms with E-state index in [0.717, 1.165) is 11.6 Å². The Hall–Kier alpha value is -3.93. The first-order valence-corrected chi connectivity index (χ1v) is 14.2. The number of carbonyl (C=O) groups is 1. The molecule has 1 saturated heterocycles. The molecule has 2 aliphatic heterocycles. The summed E-state index contributed by atoms with van der Waals surface area (Å²) in [6, 6.07) is 8.41.